The Balaban J connectivity index is 1.73. The Morgan fingerprint density at radius 2 is 1.72 bits per heavy atom. The fourth-order valence-electron chi connectivity index (χ4n) is 2.76. The van der Waals surface area contributed by atoms with Crippen molar-refractivity contribution in [3.8, 4) is 11.3 Å². The molecule has 0 saturated carbocycles. The number of rotatable bonds is 7. The van der Waals surface area contributed by atoms with Crippen LogP contribution >= 0.6 is 0 Å². The van der Waals surface area contributed by atoms with Crippen molar-refractivity contribution >= 4 is 11.9 Å². The number of benzene rings is 2. The van der Waals surface area contributed by atoms with Crippen molar-refractivity contribution in [2.45, 2.75) is 19.0 Å². The Kier molecular flexibility index (Phi) is 6.13. The van der Waals surface area contributed by atoms with Crippen molar-refractivity contribution in [3.63, 3.8) is 0 Å². The highest BCUT2D eigenvalue weighted by atomic mass is 19.1. The Labute approximate surface area is 165 Å². The van der Waals surface area contributed by atoms with Crippen LogP contribution in [-0.2, 0) is 22.6 Å². The van der Waals surface area contributed by atoms with E-state index in [4.69, 9.17) is 0 Å². The fourth-order valence-corrected chi connectivity index (χ4v) is 2.76. The summed E-state index contributed by atoms with van der Waals surface area (Å²) in [5.41, 5.74) is 1.21. The second-order valence-electron chi connectivity index (χ2n) is 6.37. The number of hydrogen-bond donors (Lipinski definition) is 2. The Hall–Kier alpha value is -3.81. The molecule has 0 unspecified atom stereocenters. The van der Waals surface area contributed by atoms with Gasteiger partial charge in [0.05, 0.1) is 5.69 Å². The van der Waals surface area contributed by atoms with Gasteiger partial charge >= 0.3 is 5.97 Å². The van der Waals surface area contributed by atoms with Crippen molar-refractivity contribution in [2.24, 2.45) is 0 Å². The lowest BCUT2D eigenvalue weighted by molar-refractivity contribution is -0.141. The summed E-state index contributed by atoms with van der Waals surface area (Å²) in [6, 6.07) is 16.0. The molecule has 7 nitrogen and oxygen atoms in total. The highest BCUT2D eigenvalue weighted by Gasteiger charge is 2.21. The molecule has 3 rings (SSSR count). The van der Waals surface area contributed by atoms with Crippen molar-refractivity contribution in [1.82, 2.24) is 15.1 Å². The summed E-state index contributed by atoms with van der Waals surface area (Å²) in [6.07, 6.45) is 0.111. The minimum absolute atomic E-state index is 0.111. The van der Waals surface area contributed by atoms with Gasteiger partial charge in [0, 0.05) is 18.1 Å². The van der Waals surface area contributed by atoms with Gasteiger partial charge in [-0.1, -0.05) is 30.3 Å². The second-order valence-corrected chi connectivity index (χ2v) is 6.37. The summed E-state index contributed by atoms with van der Waals surface area (Å²) in [4.78, 5) is 35.9. The molecule has 8 heteroatoms. The van der Waals surface area contributed by atoms with Crippen LogP contribution in [0.25, 0.3) is 11.3 Å². The molecule has 2 aromatic carbocycles. The first-order valence-electron chi connectivity index (χ1n) is 8.82. The summed E-state index contributed by atoms with van der Waals surface area (Å²) >= 11 is 0. The molecule has 2 N–H and O–H groups in total. The van der Waals surface area contributed by atoms with E-state index in [2.05, 4.69) is 10.4 Å². The van der Waals surface area contributed by atoms with E-state index in [0.717, 1.165) is 10.2 Å². The maximum Gasteiger partial charge on any atom is 0.326 e. The molecule has 0 aliphatic carbocycles. The number of carbonyl (C=O) groups is 2. The van der Waals surface area contributed by atoms with Gasteiger partial charge in [0.25, 0.3) is 5.56 Å². The van der Waals surface area contributed by atoms with E-state index in [9.17, 15) is 23.9 Å². The highest BCUT2D eigenvalue weighted by Crippen LogP contribution is 2.15. The average Bonchev–Trinajstić information content (AvgIpc) is 2.70. The molecular weight excluding hydrogens is 377 g/mol. The minimum atomic E-state index is -1.18. The fraction of sp³-hybridized carbons (Fsp3) is 0.143. The normalized spacial score (nSPS) is 11.6. The summed E-state index contributed by atoms with van der Waals surface area (Å²) in [7, 11) is 0. The van der Waals surface area contributed by atoms with E-state index in [1.165, 1.54) is 36.4 Å². The van der Waals surface area contributed by atoms with E-state index in [-0.39, 0.29) is 6.42 Å². The first-order valence-corrected chi connectivity index (χ1v) is 8.82. The Morgan fingerprint density at radius 3 is 2.38 bits per heavy atom. The van der Waals surface area contributed by atoms with E-state index in [0.29, 0.717) is 11.3 Å². The first kappa shape index (κ1) is 19.9. The maximum atomic E-state index is 13.1. The third kappa shape index (κ3) is 5.35. The van der Waals surface area contributed by atoms with Crippen LogP contribution in [0.4, 0.5) is 4.39 Å². The number of aromatic nitrogens is 2. The molecule has 0 radical (unpaired) electrons. The van der Waals surface area contributed by atoms with E-state index < -0.39 is 35.8 Å². The van der Waals surface area contributed by atoms with Crippen LogP contribution in [0.2, 0.25) is 0 Å². The van der Waals surface area contributed by atoms with Gasteiger partial charge in [-0.15, -0.1) is 0 Å². The molecular formula is C21H18FN3O4. The van der Waals surface area contributed by atoms with Gasteiger partial charge in [-0.2, -0.15) is 5.10 Å². The minimum Gasteiger partial charge on any atom is -0.480 e. The van der Waals surface area contributed by atoms with E-state index >= 15 is 0 Å². The van der Waals surface area contributed by atoms with Crippen LogP contribution < -0.4 is 10.9 Å². The predicted molar refractivity (Wildman–Crippen MR) is 104 cm³/mol. The summed E-state index contributed by atoms with van der Waals surface area (Å²) < 4.78 is 14.0. The Bertz CT molecular complexity index is 1070. The van der Waals surface area contributed by atoms with Crippen LogP contribution in [0.5, 0.6) is 0 Å². The predicted octanol–water partition coefficient (Wildman–Crippen LogP) is 1.86. The molecule has 0 aliphatic rings. The van der Waals surface area contributed by atoms with Crippen LogP contribution in [-0.4, -0.2) is 32.8 Å². The van der Waals surface area contributed by atoms with Gasteiger partial charge in [0.15, 0.2) is 0 Å². The van der Waals surface area contributed by atoms with Crippen LogP contribution in [0.1, 0.15) is 5.56 Å². The van der Waals surface area contributed by atoms with Crippen LogP contribution in [0.3, 0.4) is 0 Å². The molecule has 0 saturated heterocycles. The van der Waals surface area contributed by atoms with Crippen molar-refractivity contribution in [3.05, 3.63) is 88.5 Å². The third-order valence-corrected chi connectivity index (χ3v) is 4.22. The monoisotopic (exact) mass is 395 g/mol. The largest absolute Gasteiger partial charge is 0.480 e. The average molecular weight is 395 g/mol. The lowest BCUT2D eigenvalue weighted by atomic mass is 10.1. The molecule has 3 aromatic rings. The van der Waals surface area contributed by atoms with Gasteiger partial charge < -0.3 is 10.4 Å². The zero-order valence-corrected chi connectivity index (χ0v) is 15.3. The smallest absolute Gasteiger partial charge is 0.326 e. The van der Waals surface area contributed by atoms with Crippen molar-refractivity contribution < 1.29 is 19.1 Å². The summed E-state index contributed by atoms with van der Waals surface area (Å²) in [5, 5.41) is 15.9. The quantitative estimate of drug-likeness (QED) is 0.636. The molecule has 1 aromatic heterocycles. The highest BCUT2D eigenvalue weighted by molar-refractivity contribution is 5.83. The van der Waals surface area contributed by atoms with Crippen molar-refractivity contribution in [2.75, 3.05) is 0 Å². The number of amides is 1. The third-order valence-electron chi connectivity index (χ3n) is 4.22. The number of carbonyl (C=O) groups excluding carboxylic acids is 1. The van der Waals surface area contributed by atoms with Crippen molar-refractivity contribution in [1.29, 1.82) is 0 Å². The SMILES string of the molecule is O=C(Cn1nc(-c2ccc(F)cc2)ccc1=O)N[C@H](Cc1ccccc1)C(=O)O. The zero-order chi connectivity index (χ0) is 20.8. The van der Waals surface area contributed by atoms with Crippen LogP contribution in [0, 0.1) is 5.82 Å². The molecule has 1 amide bonds. The number of carboxylic acids is 1. The van der Waals surface area contributed by atoms with Gasteiger partial charge in [-0.3, -0.25) is 9.59 Å². The lowest BCUT2D eigenvalue weighted by Crippen LogP contribution is -2.44. The molecule has 29 heavy (non-hydrogen) atoms. The number of hydrogen-bond acceptors (Lipinski definition) is 4. The maximum absolute atomic E-state index is 13.1. The van der Waals surface area contributed by atoms with Crippen LogP contribution in [0.15, 0.2) is 71.5 Å². The molecule has 0 fully saturated rings. The lowest BCUT2D eigenvalue weighted by Gasteiger charge is -2.15. The number of aliphatic carboxylic acids is 1. The second kappa shape index (κ2) is 8.92. The molecule has 0 spiro atoms. The zero-order valence-electron chi connectivity index (χ0n) is 15.3. The number of nitrogens with zero attached hydrogens (tertiary/aromatic N) is 2. The van der Waals surface area contributed by atoms with E-state index in [1.54, 1.807) is 24.3 Å². The molecule has 0 aliphatic heterocycles. The number of nitrogens with one attached hydrogen (secondary N) is 1. The standard InChI is InChI=1S/C21H18FN3O4/c22-16-8-6-15(7-9-16)17-10-11-20(27)25(24-17)13-19(26)23-18(21(28)29)12-14-4-2-1-3-5-14/h1-11,18H,12-13H2,(H,23,26)(H,28,29)/t18-/m1/s1. The van der Waals surface area contributed by atoms with Gasteiger partial charge in [0.2, 0.25) is 5.91 Å². The molecule has 0 bridgehead atoms. The summed E-state index contributed by atoms with van der Waals surface area (Å²) in [5.74, 6) is -2.23. The first-order chi connectivity index (χ1) is 13.9. The van der Waals surface area contributed by atoms with Gasteiger partial charge in [-0.05, 0) is 35.9 Å². The molecule has 148 valence electrons. The molecule has 1 heterocycles. The van der Waals surface area contributed by atoms with Gasteiger partial charge in [-0.25, -0.2) is 13.9 Å². The van der Waals surface area contributed by atoms with E-state index in [1.807, 2.05) is 6.07 Å². The summed E-state index contributed by atoms with van der Waals surface area (Å²) in [6.45, 7) is -0.438. The number of halogens is 1. The number of carboxylic acid groups (broad SMARTS) is 1. The topological polar surface area (TPSA) is 101 Å². The Morgan fingerprint density at radius 1 is 1.03 bits per heavy atom. The molecule has 1 atom stereocenters. The van der Waals surface area contributed by atoms with Gasteiger partial charge in [0.1, 0.15) is 18.4 Å².